The third kappa shape index (κ3) is 3.76. The van der Waals surface area contributed by atoms with Crippen molar-refractivity contribution in [3.05, 3.63) is 34.9 Å². The van der Waals surface area contributed by atoms with Gasteiger partial charge >= 0.3 is 5.97 Å². The number of likely N-dealkylation sites (tertiary alicyclic amines) is 1. The molecule has 1 fully saturated rings. The Balaban J connectivity index is 2.20. The number of hydrogen-bond donors (Lipinski definition) is 2. The Morgan fingerprint density at radius 2 is 2.00 bits per heavy atom. The summed E-state index contributed by atoms with van der Waals surface area (Å²) in [6.45, 7) is -0.206. The van der Waals surface area contributed by atoms with Crippen molar-refractivity contribution in [3.8, 4) is 0 Å². The van der Waals surface area contributed by atoms with E-state index in [2.05, 4.69) is 0 Å². The van der Waals surface area contributed by atoms with Crippen molar-refractivity contribution in [2.24, 2.45) is 5.14 Å². The average molecular weight is 347 g/mol. The molecule has 3 N–H and O–H groups in total. The number of carbonyl (C=O) groups excluding carboxylic acids is 1. The quantitative estimate of drug-likeness (QED) is 0.791. The van der Waals surface area contributed by atoms with E-state index < -0.39 is 33.2 Å². The van der Waals surface area contributed by atoms with Crippen LogP contribution in [0.1, 0.15) is 12.0 Å². The molecule has 120 valence electrons. The maximum atomic E-state index is 11.9. The minimum absolute atomic E-state index is 0.0651. The lowest BCUT2D eigenvalue weighted by molar-refractivity contribution is -0.148. The van der Waals surface area contributed by atoms with Crippen LogP contribution < -0.4 is 5.14 Å². The first kappa shape index (κ1) is 16.7. The van der Waals surface area contributed by atoms with E-state index in [-0.39, 0.29) is 19.4 Å². The third-order valence-electron chi connectivity index (χ3n) is 3.59. The molecular formula is C13H15ClN2O5S. The van der Waals surface area contributed by atoms with E-state index in [0.29, 0.717) is 10.6 Å². The molecule has 2 rings (SSSR count). The number of benzene rings is 1. The van der Waals surface area contributed by atoms with Crippen LogP contribution in [-0.2, 0) is 26.0 Å². The summed E-state index contributed by atoms with van der Waals surface area (Å²) in [6, 6.07) is 5.43. The van der Waals surface area contributed by atoms with Crippen molar-refractivity contribution in [1.29, 1.82) is 0 Å². The number of halogens is 1. The van der Waals surface area contributed by atoms with Crippen LogP contribution >= 0.6 is 11.6 Å². The van der Waals surface area contributed by atoms with E-state index in [1.165, 1.54) is 0 Å². The summed E-state index contributed by atoms with van der Waals surface area (Å²) in [7, 11) is -3.88. The molecule has 1 aromatic carbocycles. The Hall–Kier alpha value is -1.64. The Morgan fingerprint density at radius 3 is 2.45 bits per heavy atom. The minimum Gasteiger partial charge on any atom is -0.480 e. The van der Waals surface area contributed by atoms with E-state index in [1.807, 2.05) is 0 Å². The molecule has 1 aromatic rings. The zero-order valence-corrected chi connectivity index (χ0v) is 13.0. The van der Waals surface area contributed by atoms with Crippen molar-refractivity contribution in [2.45, 2.75) is 24.1 Å². The smallest absolute Gasteiger partial charge is 0.326 e. The summed E-state index contributed by atoms with van der Waals surface area (Å²) < 4.78 is 22.7. The Bertz CT molecular complexity index is 689. The Morgan fingerprint density at radius 1 is 1.41 bits per heavy atom. The molecule has 2 atom stereocenters. The number of carboxylic acid groups (broad SMARTS) is 1. The molecular weight excluding hydrogens is 332 g/mol. The second kappa shape index (κ2) is 6.23. The maximum Gasteiger partial charge on any atom is 0.326 e. The summed E-state index contributed by atoms with van der Waals surface area (Å²) in [4.78, 5) is 24.5. The molecule has 0 saturated carbocycles. The topological polar surface area (TPSA) is 118 Å². The molecule has 9 heteroatoms. The molecule has 22 heavy (non-hydrogen) atoms. The van der Waals surface area contributed by atoms with Gasteiger partial charge in [0.2, 0.25) is 15.9 Å². The normalized spacial score (nSPS) is 20.2. The summed E-state index contributed by atoms with van der Waals surface area (Å²) >= 11 is 5.77. The third-order valence-corrected chi connectivity index (χ3v) is 5.09. The van der Waals surface area contributed by atoms with Crippen LogP contribution in [0.5, 0.6) is 0 Å². The van der Waals surface area contributed by atoms with Gasteiger partial charge in [0, 0.05) is 24.4 Å². The number of amides is 1. The van der Waals surface area contributed by atoms with Crippen molar-refractivity contribution >= 4 is 33.5 Å². The van der Waals surface area contributed by atoms with E-state index in [9.17, 15) is 23.1 Å². The average Bonchev–Trinajstić information content (AvgIpc) is 2.79. The highest BCUT2D eigenvalue weighted by molar-refractivity contribution is 7.89. The van der Waals surface area contributed by atoms with Crippen LogP contribution in [0.25, 0.3) is 0 Å². The number of primary sulfonamides is 1. The molecule has 1 aliphatic heterocycles. The van der Waals surface area contributed by atoms with Crippen LogP contribution in [0, 0.1) is 0 Å². The predicted octanol–water partition coefficient (Wildman–Crippen LogP) is 0.225. The number of carbonyl (C=O) groups is 2. The van der Waals surface area contributed by atoms with Gasteiger partial charge in [0.25, 0.3) is 0 Å². The SMILES string of the molecule is NS(=O)(=O)C1CC(=O)N([C@@H](Cc2ccc(Cl)cc2)C(=O)O)C1. The first-order chi connectivity index (χ1) is 10.2. The van der Waals surface area contributed by atoms with E-state index in [1.54, 1.807) is 24.3 Å². The van der Waals surface area contributed by atoms with Crippen molar-refractivity contribution in [3.63, 3.8) is 0 Å². The van der Waals surface area contributed by atoms with Crippen LogP contribution in [0.4, 0.5) is 0 Å². The van der Waals surface area contributed by atoms with Gasteiger partial charge in [-0.25, -0.2) is 18.4 Å². The largest absolute Gasteiger partial charge is 0.480 e. The number of aliphatic carboxylic acids is 1. The van der Waals surface area contributed by atoms with Crippen LogP contribution in [0.15, 0.2) is 24.3 Å². The van der Waals surface area contributed by atoms with E-state index >= 15 is 0 Å². The highest BCUT2D eigenvalue weighted by Crippen LogP contribution is 2.22. The number of nitrogens with two attached hydrogens (primary N) is 1. The van der Waals surface area contributed by atoms with Gasteiger partial charge < -0.3 is 10.0 Å². The molecule has 1 saturated heterocycles. The molecule has 0 aromatic heterocycles. The fraction of sp³-hybridized carbons (Fsp3) is 0.385. The van der Waals surface area contributed by atoms with Crippen molar-refractivity contribution < 1.29 is 23.1 Å². The summed E-state index contributed by atoms with van der Waals surface area (Å²) in [5, 5.41) is 13.9. The predicted molar refractivity (Wildman–Crippen MR) is 79.8 cm³/mol. The van der Waals surface area contributed by atoms with Gasteiger partial charge in [0.15, 0.2) is 0 Å². The molecule has 1 aliphatic rings. The lowest BCUT2D eigenvalue weighted by Crippen LogP contribution is -2.44. The second-order valence-electron chi connectivity index (χ2n) is 5.15. The lowest BCUT2D eigenvalue weighted by Gasteiger charge is -2.24. The maximum absolute atomic E-state index is 11.9. The molecule has 0 spiro atoms. The first-order valence-corrected chi connectivity index (χ1v) is 8.45. The minimum atomic E-state index is -3.88. The second-order valence-corrected chi connectivity index (χ2v) is 7.43. The van der Waals surface area contributed by atoms with Crippen molar-refractivity contribution in [2.75, 3.05) is 6.54 Å². The summed E-state index contributed by atoms with van der Waals surface area (Å²) in [5.74, 6) is -1.72. The van der Waals surface area contributed by atoms with Crippen molar-refractivity contribution in [1.82, 2.24) is 4.90 Å². The number of sulfonamides is 1. The standard InChI is InChI=1S/C13H15ClN2O5S/c14-9-3-1-8(2-4-9)5-11(13(18)19)16-7-10(6-12(16)17)22(15,20)21/h1-4,10-11H,5-7H2,(H,18,19)(H2,15,20,21)/t10?,11-/m0/s1. The number of rotatable bonds is 5. The number of hydrogen-bond acceptors (Lipinski definition) is 4. The van der Waals surface area contributed by atoms with Gasteiger partial charge in [-0.15, -0.1) is 0 Å². The van der Waals surface area contributed by atoms with Gasteiger partial charge in [-0.1, -0.05) is 23.7 Å². The highest BCUT2D eigenvalue weighted by atomic mass is 35.5. The van der Waals surface area contributed by atoms with E-state index in [0.717, 1.165) is 4.90 Å². The highest BCUT2D eigenvalue weighted by Gasteiger charge is 2.41. The molecule has 1 heterocycles. The zero-order valence-electron chi connectivity index (χ0n) is 11.5. The Labute approximate surface area is 132 Å². The van der Waals surface area contributed by atoms with Crippen LogP contribution in [-0.4, -0.2) is 48.1 Å². The van der Waals surface area contributed by atoms with Gasteiger partial charge in [-0.05, 0) is 17.7 Å². The number of nitrogens with zero attached hydrogens (tertiary/aromatic N) is 1. The molecule has 0 radical (unpaired) electrons. The first-order valence-electron chi connectivity index (χ1n) is 6.47. The molecule has 7 nitrogen and oxygen atoms in total. The summed E-state index contributed by atoms with van der Waals surface area (Å²) in [5.41, 5.74) is 0.684. The molecule has 1 unspecified atom stereocenters. The van der Waals surface area contributed by atoms with Gasteiger partial charge in [-0.3, -0.25) is 4.79 Å². The molecule has 1 amide bonds. The Kier molecular flexibility index (Phi) is 4.74. The van der Waals surface area contributed by atoms with Gasteiger partial charge in [0.1, 0.15) is 11.3 Å². The van der Waals surface area contributed by atoms with E-state index in [4.69, 9.17) is 16.7 Å². The van der Waals surface area contributed by atoms with Gasteiger partial charge in [0.05, 0.1) is 0 Å². The lowest BCUT2D eigenvalue weighted by atomic mass is 10.1. The monoisotopic (exact) mass is 346 g/mol. The zero-order chi connectivity index (χ0) is 16.5. The molecule has 0 bridgehead atoms. The van der Waals surface area contributed by atoms with Crippen LogP contribution in [0.2, 0.25) is 5.02 Å². The summed E-state index contributed by atoms with van der Waals surface area (Å²) in [6.07, 6.45) is -0.223. The van der Waals surface area contributed by atoms with Crippen LogP contribution in [0.3, 0.4) is 0 Å². The number of carboxylic acids is 1. The fourth-order valence-corrected chi connectivity index (χ4v) is 3.26. The molecule has 0 aliphatic carbocycles. The fourth-order valence-electron chi connectivity index (χ4n) is 2.39. The van der Waals surface area contributed by atoms with Gasteiger partial charge in [-0.2, -0.15) is 0 Å².